The summed E-state index contributed by atoms with van der Waals surface area (Å²) in [4.78, 5) is 0. The van der Waals surface area contributed by atoms with Crippen molar-refractivity contribution in [2.24, 2.45) is 0 Å². The molecular formula is C22H23F3O4. The lowest BCUT2D eigenvalue weighted by Crippen LogP contribution is -2.32. The van der Waals surface area contributed by atoms with Crippen LogP contribution in [-0.4, -0.2) is 26.3 Å². The van der Waals surface area contributed by atoms with Crippen LogP contribution in [-0.2, 0) is 20.8 Å². The van der Waals surface area contributed by atoms with Gasteiger partial charge in [0.1, 0.15) is 0 Å². The van der Waals surface area contributed by atoms with E-state index in [-0.39, 0.29) is 42.6 Å². The highest BCUT2D eigenvalue weighted by Crippen LogP contribution is 2.27. The maximum absolute atomic E-state index is 14.2. The Morgan fingerprint density at radius 2 is 1.86 bits per heavy atom. The zero-order valence-corrected chi connectivity index (χ0v) is 16.1. The fraction of sp³-hybridized carbons (Fsp3) is 0.364. The van der Waals surface area contributed by atoms with Gasteiger partial charge in [0.15, 0.2) is 23.2 Å². The van der Waals surface area contributed by atoms with E-state index in [1.54, 1.807) is 18.2 Å². The molecule has 1 saturated heterocycles. The first-order valence-corrected chi connectivity index (χ1v) is 9.31. The van der Waals surface area contributed by atoms with Gasteiger partial charge in [0, 0.05) is 11.5 Å². The zero-order chi connectivity index (χ0) is 20.8. The first-order valence-electron chi connectivity index (χ1n) is 9.31. The second-order valence-electron chi connectivity index (χ2n) is 6.75. The molecule has 0 atom stereocenters. The second-order valence-corrected chi connectivity index (χ2v) is 6.75. The molecule has 2 aromatic rings. The van der Waals surface area contributed by atoms with Crippen LogP contribution in [0.2, 0.25) is 0 Å². The van der Waals surface area contributed by atoms with E-state index in [1.165, 1.54) is 25.1 Å². The Balaban J connectivity index is 1.51. The lowest BCUT2D eigenvalue weighted by molar-refractivity contribution is -0.319. The van der Waals surface area contributed by atoms with Crippen LogP contribution < -0.4 is 4.74 Å². The van der Waals surface area contributed by atoms with Gasteiger partial charge in [-0.05, 0) is 36.6 Å². The van der Waals surface area contributed by atoms with Crippen LogP contribution >= 0.6 is 0 Å². The Morgan fingerprint density at radius 3 is 2.55 bits per heavy atom. The van der Waals surface area contributed by atoms with Crippen molar-refractivity contribution in [2.75, 3.05) is 19.8 Å². The summed E-state index contributed by atoms with van der Waals surface area (Å²) in [6, 6.07) is 7.67. The van der Waals surface area contributed by atoms with Crippen molar-refractivity contribution in [3.63, 3.8) is 0 Å². The molecule has 4 nitrogen and oxygen atoms in total. The third-order valence-corrected chi connectivity index (χ3v) is 4.60. The van der Waals surface area contributed by atoms with Crippen LogP contribution in [0.4, 0.5) is 13.2 Å². The molecule has 156 valence electrons. The lowest BCUT2D eigenvalue weighted by atomic mass is 10.00. The van der Waals surface area contributed by atoms with E-state index in [1.807, 2.05) is 0 Å². The molecule has 7 heteroatoms. The molecule has 3 rings (SSSR count). The summed E-state index contributed by atoms with van der Waals surface area (Å²) in [6.07, 6.45) is 2.33. The van der Waals surface area contributed by atoms with E-state index in [2.05, 4.69) is 6.58 Å². The number of halogens is 3. The molecule has 0 N–H and O–H groups in total. The van der Waals surface area contributed by atoms with Crippen LogP contribution in [0, 0.1) is 24.4 Å². The molecule has 0 aromatic heterocycles. The van der Waals surface area contributed by atoms with Crippen LogP contribution in [0.15, 0.2) is 43.0 Å². The summed E-state index contributed by atoms with van der Waals surface area (Å²) in [5, 5.41) is 0. The minimum Gasteiger partial charge on any atom is -0.490 e. The zero-order valence-electron chi connectivity index (χ0n) is 16.1. The van der Waals surface area contributed by atoms with Gasteiger partial charge in [0.25, 0.3) is 6.48 Å². The molecule has 1 aliphatic rings. The van der Waals surface area contributed by atoms with E-state index >= 15 is 0 Å². The van der Waals surface area contributed by atoms with Crippen LogP contribution in [0.1, 0.15) is 29.0 Å². The van der Waals surface area contributed by atoms with Crippen LogP contribution in [0.3, 0.4) is 0 Å². The fourth-order valence-electron chi connectivity index (χ4n) is 2.87. The molecule has 2 aromatic carbocycles. The highest BCUT2D eigenvalue weighted by atomic mass is 19.2. The number of hydrogen-bond donors (Lipinski definition) is 0. The van der Waals surface area contributed by atoms with Gasteiger partial charge in [-0.2, -0.15) is 0 Å². The normalized spacial score (nSPS) is 19.2. The van der Waals surface area contributed by atoms with Crippen molar-refractivity contribution in [3.05, 3.63) is 77.1 Å². The molecule has 0 unspecified atom stereocenters. The summed E-state index contributed by atoms with van der Waals surface area (Å²) in [7, 11) is 0. The summed E-state index contributed by atoms with van der Waals surface area (Å²) < 4.78 is 63.4. The van der Waals surface area contributed by atoms with Crippen molar-refractivity contribution in [3.8, 4) is 5.75 Å². The van der Waals surface area contributed by atoms with Gasteiger partial charge < -0.3 is 18.9 Å². The van der Waals surface area contributed by atoms with Crippen molar-refractivity contribution in [1.82, 2.24) is 0 Å². The number of ether oxygens (including phenoxy) is 4. The molecule has 0 saturated carbocycles. The predicted octanol–water partition coefficient (Wildman–Crippen LogP) is 5.00. The number of rotatable bonds is 8. The van der Waals surface area contributed by atoms with Gasteiger partial charge in [0.2, 0.25) is 0 Å². The maximum atomic E-state index is 14.2. The molecular weight excluding hydrogens is 385 g/mol. The molecule has 1 aliphatic heterocycles. The average Bonchev–Trinajstić information content (AvgIpc) is 2.73. The molecule has 29 heavy (non-hydrogen) atoms. The third kappa shape index (κ3) is 5.38. The Morgan fingerprint density at radius 1 is 1.10 bits per heavy atom. The minimum absolute atomic E-state index is 0.0801. The van der Waals surface area contributed by atoms with Crippen molar-refractivity contribution >= 4 is 0 Å². The Kier molecular flexibility index (Phi) is 7.30. The summed E-state index contributed by atoms with van der Waals surface area (Å²) in [6.45, 7) is 4.73. The van der Waals surface area contributed by atoms with Gasteiger partial charge in [0.05, 0.1) is 26.4 Å². The maximum Gasteiger partial charge on any atom is 0.271 e. The second kappa shape index (κ2) is 9.91. The summed E-state index contributed by atoms with van der Waals surface area (Å²) >= 11 is 0. The third-order valence-electron chi connectivity index (χ3n) is 4.60. The SMILES string of the molecule is C=CCCOc1ccc(C2COC(OCc3ccc(C)c(F)c3F)OC2)cc1F. The highest BCUT2D eigenvalue weighted by Gasteiger charge is 2.25. The molecule has 0 radical (unpaired) electrons. The van der Waals surface area contributed by atoms with Gasteiger partial charge >= 0.3 is 0 Å². The topological polar surface area (TPSA) is 36.9 Å². The molecule has 0 aliphatic carbocycles. The summed E-state index contributed by atoms with van der Waals surface area (Å²) in [5.74, 6) is -2.29. The first-order chi connectivity index (χ1) is 14.0. The predicted molar refractivity (Wildman–Crippen MR) is 101 cm³/mol. The molecule has 0 bridgehead atoms. The van der Waals surface area contributed by atoms with Crippen LogP contribution in [0.5, 0.6) is 5.75 Å². The largest absolute Gasteiger partial charge is 0.490 e. The van der Waals surface area contributed by atoms with E-state index in [9.17, 15) is 13.2 Å². The Labute approximate surface area is 167 Å². The number of aryl methyl sites for hydroxylation is 1. The van der Waals surface area contributed by atoms with E-state index in [4.69, 9.17) is 18.9 Å². The van der Waals surface area contributed by atoms with Gasteiger partial charge in [-0.25, -0.2) is 13.2 Å². The van der Waals surface area contributed by atoms with Crippen molar-refractivity contribution in [1.29, 1.82) is 0 Å². The number of hydrogen-bond acceptors (Lipinski definition) is 4. The van der Waals surface area contributed by atoms with E-state index in [0.29, 0.717) is 18.6 Å². The monoisotopic (exact) mass is 408 g/mol. The molecule has 0 spiro atoms. The van der Waals surface area contributed by atoms with Crippen molar-refractivity contribution < 1.29 is 32.1 Å². The van der Waals surface area contributed by atoms with Gasteiger partial charge in [-0.1, -0.05) is 24.3 Å². The van der Waals surface area contributed by atoms with E-state index in [0.717, 1.165) is 0 Å². The first kappa shape index (κ1) is 21.4. The average molecular weight is 408 g/mol. The molecule has 1 heterocycles. The van der Waals surface area contributed by atoms with Gasteiger partial charge in [-0.15, -0.1) is 6.58 Å². The smallest absolute Gasteiger partial charge is 0.271 e. The van der Waals surface area contributed by atoms with Gasteiger partial charge in [-0.3, -0.25) is 0 Å². The number of benzene rings is 2. The fourth-order valence-corrected chi connectivity index (χ4v) is 2.87. The highest BCUT2D eigenvalue weighted by molar-refractivity contribution is 5.31. The Hall–Kier alpha value is -2.35. The quantitative estimate of drug-likeness (QED) is 0.455. The standard InChI is InChI=1S/C22H23F3O4/c1-3-4-9-26-19-8-7-15(10-18(19)23)17-12-28-22(29-13-17)27-11-16-6-5-14(2)20(24)21(16)25/h3,5-8,10,17,22H,1,4,9,11-13H2,2H3. The van der Waals surface area contributed by atoms with E-state index < -0.39 is 23.9 Å². The van der Waals surface area contributed by atoms with Crippen molar-refractivity contribution in [2.45, 2.75) is 32.3 Å². The Bertz CT molecular complexity index is 848. The lowest BCUT2D eigenvalue weighted by Gasteiger charge is -2.29. The molecule has 1 fully saturated rings. The van der Waals surface area contributed by atoms with Crippen LogP contribution in [0.25, 0.3) is 0 Å². The molecule has 0 amide bonds. The summed E-state index contributed by atoms with van der Waals surface area (Å²) in [5.41, 5.74) is 1.02. The minimum atomic E-state index is -0.999.